The maximum Gasteiger partial charge on any atom is 0.410 e. The number of rotatable bonds is 4. The average molecular weight is 351 g/mol. The number of nitrogens with zero attached hydrogens (tertiary/aromatic N) is 2. The first kappa shape index (κ1) is 19.7. The number of amides is 1. The zero-order valence-electron chi connectivity index (χ0n) is 15.7. The maximum atomic E-state index is 13.2. The van der Waals surface area contributed by atoms with Crippen molar-refractivity contribution in [3.05, 3.63) is 35.6 Å². The Morgan fingerprint density at radius 1 is 1.20 bits per heavy atom. The van der Waals surface area contributed by atoms with Gasteiger partial charge in [0, 0.05) is 32.2 Å². The molecule has 0 radical (unpaired) electrons. The number of halogens is 1. The van der Waals surface area contributed by atoms with Gasteiger partial charge in [0.05, 0.1) is 6.04 Å². The van der Waals surface area contributed by atoms with Gasteiger partial charge < -0.3 is 15.4 Å². The van der Waals surface area contributed by atoms with Crippen LogP contribution in [-0.2, 0) is 4.74 Å². The van der Waals surface area contributed by atoms with E-state index in [1.165, 1.54) is 12.1 Å². The Labute approximate surface area is 149 Å². The van der Waals surface area contributed by atoms with Gasteiger partial charge in [0.2, 0.25) is 0 Å². The predicted octanol–water partition coefficient (Wildman–Crippen LogP) is 3.16. The monoisotopic (exact) mass is 351 g/mol. The molecule has 1 aliphatic heterocycles. The lowest BCUT2D eigenvalue weighted by Gasteiger charge is -2.41. The van der Waals surface area contributed by atoms with Crippen molar-refractivity contribution in [2.75, 3.05) is 26.2 Å². The molecule has 1 aromatic rings. The largest absolute Gasteiger partial charge is 0.444 e. The van der Waals surface area contributed by atoms with Gasteiger partial charge in [-0.15, -0.1) is 0 Å². The minimum absolute atomic E-state index is 0.0198. The van der Waals surface area contributed by atoms with Gasteiger partial charge in [-0.25, -0.2) is 9.18 Å². The summed E-state index contributed by atoms with van der Waals surface area (Å²) in [6.07, 6.45) is 0.555. The third-order valence-electron chi connectivity index (χ3n) is 4.45. The van der Waals surface area contributed by atoms with Gasteiger partial charge >= 0.3 is 6.09 Å². The predicted molar refractivity (Wildman–Crippen MR) is 96.8 cm³/mol. The average Bonchev–Trinajstić information content (AvgIpc) is 2.55. The molecule has 0 saturated carbocycles. The van der Waals surface area contributed by atoms with Crippen LogP contribution in [0.4, 0.5) is 9.18 Å². The second-order valence-electron chi connectivity index (χ2n) is 7.57. The normalized spacial score (nSPS) is 18.7. The summed E-state index contributed by atoms with van der Waals surface area (Å²) >= 11 is 0. The lowest BCUT2D eigenvalue weighted by molar-refractivity contribution is 0.00871. The van der Waals surface area contributed by atoms with Crippen molar-refractivity contribution in [3.8, 4) is 0 Å². The van der Waals surface area contributed by atoms with Gasteiger partial charge in [0.1, 0.15) is 11.4 Å². The number of ether oxygens (including phenoxy) is 1. The summed E-state index contributed by atoms with van der Waals surface area (Å²) in [4.78, 5) is 16.2. The molecule has 2 rings (SSSR count). The third kappa shape index (κ3) is 5.41. The van der Waals surface area contributed by atoms with Crippen molar-refractivity contribution < 1.29 is 13.9 Å². The van der Waals surface area contributed by atoms with Crippen LogP contribution in [0.15, 0.2) is 24.3 Å². The Bertz CT molecular complexity index is 563. The van der Waals surface area contributed by atoms with E-state index in [1.54, 1.807) is 17.0 Å². The standard InChI is InChI=1S/C19H30FN3O2/c1-5-16(21)17(14-6-8-15(20)9-7-14)22-10-12-23(13-11-22)18(24)25-19(2,3)4/h6-9,16-17H,5,10-13,21H2,1-4H3. The molecule has 140 valence electrons. The lowest BCUT2D eigenvalue weighted by Crippen LogP contribution is -2.53. The van der Waals surface area contributed by atoms with E-state index in [0.717, 1.165) is 25.1 Å². The van der Waals surface area contributed by atoms with E-state index in [2.05, 4.69) is 11.8 Å². The fraction of sp³-hybridized carbons (Fsp3) is 0.632. The number of hydrogen-bond donors (Lipinski definition) is 1. The molecule has 0 aliphatic carbocycles. The van der Waals surface area contributed by atoms with Crippen molar-refractivity contribution in [1.29, 1.82) is 0 Å². The summed E-state index contributed by atoms with van der Waals surface area (Å²) in [6.45, 7) is 10.3. The highest BCUT2D eigenvalue weighted by molar-refractivity contribution is 5.68. The highest BCUT2D eigenvalue weighted by atomic mass is 19.1. The van der Waals surface area contributed by atoms with Gasteiger partial charge in [-0.1, -0.05) is 19.1 Å². The zero-order valence-corrected chi connectivity index (χ0v) is 15.7. The molecule has 0 aromatic heterocycles. The molecule has 6 heteroatoms. The minimum Gasteiger partial charge on any atom is -0.444 e. The Kier molecular flexibility index (Phi) is 6.41. The van der Waals surface area contributed by atoms with Crippen LogP contribution in [0.2, 0.25) is 0 Å². The maximum absolute atomic E-state index is 13.2. The first-order valence-corrected chi connectivity index (χ1v) is 8.94. The van der Waals surface area contributed by atoms with Crippen molar-refractivity contribution in [1.82, 2.24) is 9.80 Å². The molecule has 25 heavy (non-hydrogen) atoms. The van der Waals surface area contributed by atoms with Crippen LogP contribution < -0.4 is 5.73 Å². The van der Waals surface area contributed by atoms with Gasteiger partial charge in [0.25, 0.3) is 0 Å². The molecule has 2 unspecified atom stereocenters. The zero-order chi connectivity index (χ0) is 18.6. The lowest BCUT2D eigenvalue weighted by atomic mass is 9.95. The van der Waals surface area contributed by atoms with Crippen LogP contribution in [0.1, 0.15) is 45.7 Å². The van der Waals surface area contributed by atoms with Crippen LogP contribution >= 0.6 is 0 Å². The van der Waals surface area contributed by atoms with E-state index in [1.807, 2.05) is 20.8 Å². The number of piperazine rings is 1. The second kappa shape index (κ2) is 8.15. The second-order valence-corrected chi connectivity index (χ2v) is 7.57. The van der Waals surface area contributed by atoms with E-state index in [-0.39, 0.29) is 24.0 Å². The molecule has 0 spiro atoms. The molecule has 2 N–H and O–H groups in total. The van der Waals surface area contributed by atoms with Crippen LogP contribution in [0, 0.1) is 5.82 Å². The Hall–Kier alpha value is -1.66. The van der Waals surface area contributed by atoms with E-state index in [9.17, 15) is 9.18 Å². The molecular weight excluding hydrogens is 321 g/mol. The molecular formula is C19H30FN3O2. The van der Waals surface area contributed by atoms with Crippen LogP contribution in [0.3, 0.4) is 0 Å². The molecule has 1 amide bonds. The van der Waals surface area contributed by atoms with E-state index < -0.39 is 5.60 Å². The van der Waals surface area contributed by atoms with Crippen LogP contribution in [-0.4, -0.2) is 53.7 Å². The Morgan fingerprint density at radius 3 is 2.24 bits per heavy atom. The number of carbonyl (C=O) groups is 1. The van der Waals surface area contributed by atoms with Gasteiger partial charge in [-0.3, -0.25) is 4.90 Å². The molecule has 0 bridgehead atoms. The highest BCUT2D eigenvalue weighted by Gasteiger charge is 2.31. The number of benzene rings is 1. The van der Waals surface area contributed by atoms with Gasteiger partial charge in [-0.2, -0.15) is 0 Å². The summed E-state index contributed by atoms with van der Waals surface area (Å²) < 4.78 is 18.7. The van der Waals surface area contributed by atoms with Crippen molar-refractivity contribution in [2.24, 2.45) is 5.73 Å². The fourth-order valence-electron chi connectivity index (χ4n) is 3.12. The molecule has 1 aliphatic rings. The number of carbonyl (C=O) groups excluding carboxylic acids is 1. The number of nitrogens with two attached hydrogens (primary N) is 1. The SMILES string of the molecule is CCC(N)C(c1ccc(F)cc1)N1CCN(C(=O)OC(C)(C)C)CC1. The van der Waals surface area contributed by atoms with Crippen LogP contribution in [0.5, 0.6) is 0 Å². The number of hydrogen-bond acceptors (Lipinski definition) is 4. The van der Waals surface area contributed by atoms with Gasteiger partial charge in [-0.05, 0) is 44.9 Å². The molecule has 1 saturated heterocycles. The summed E-state index contributed by atoms with van der Waals surface area (Å²) in [5.41, 5.74) is 6.88. The molecule has 5 nitrogen and oxygen atoms in total. The van der Waals surface area contributed by atoms with E-state index in [0.29, 0.717) is 13.1 Å². The molecule has 1 heterocycles. The first-order chi connectivity index (χ1) is 11.7. The fourth-order valence-corrected chi connectivity index (χ4v) is 3.12. The van der Waals surface area contributed by atoms with E-state index in [4.69, 9.17) is 10.5 Å². The highest BCUT2D eigenvalue weighted by Crippen LogP contribution is 2.27. The smallest absolute Gasteiger partial charge is 0.410 e. The summed E-state index contributed by atoms with van der Waals surface area (Å²) in [6, 6.07) is 6.53. The summed E-state index contributed by atoms with van der Waals surface area (Å²) in [5, 5.41) is 0. The van der Waals surface area contributed by atoms with Crippen molar-refractivity contribution in [2.45, 2.75) is 51.8 Å². The Balaban J connectivity index is 2.04. The Morgan fingerprint density at radius 2 is 1.76 bits per heavy atom. The van der Waals surface area contributed by atoms with Crippen LogP contribution in [0.25, 0.3) is 0 Å². The minimum atomic E-state index is -0.491. The van der Waals surface area contributed by atoms with Crippen molar-refractivity contribution >= 4 is 6.09 Å². The van der Waals surface area contributed by atoms with E-state index >= 15 is 0 Å². The molecule has 1 fully saturated rings. The van der Waals surface area contributed by atoms with Crippen molar-refractivity contribution in [3.63, 3.8) is 0 Å². The first-order valence-electron chi connectivity index (χ1n) is 8.94. The summed E-state index contributed by atoms with van der Waals surface area (Å²) in [7, 11) is 0. The topological polar surface area (TPSA) is 58.8 Å². The van der Waals surface area contributed by atoms with Gasteiger partial charge in [0.15, 0.2) is 0 Å². The third-order valence-corrected chi connectivity index (χ3v) is 4.45. The molecule has 1 aromatic carbocycles. The summed E-state index contributed by atoms with van der Waals surface area (Å²) in [5.74, 6) is -0.248. The quantitative estimate of drug-likeness (QED) is 0.905. The molecule has 2 atom stereocenters.